The number of rotatable bonds is 5. The third kappa shape index (κ3) is 3.39. The molecule has 0 bridgehead atoms. The minimum Gasteiger partial charge on any atom is -0.368 e. The molecule has 1 aromatic heterocycles. The molecule has 2 aliphatic heterocycles. The summed E-state index contributed by atoms with van der Waals surface area (Å²) in [6, 6.07) is 2.13. The van der Waals surface area contributed by atoms with Crippen molar-refractivity contribution in [1.82, 2.24) is 0 Å². The van der Waals surface area contributed by atoms with E-state index in [-0.39, 0.29) is 24.6 Å². The minimum atomic E-state index is -0.599. The first-order valence-electron chi connectivity index (χ1n) is 8.01. The fraction of sp³-hybridized carbons (Fsp3) is 0.765. The van der Waals surface area contributed by atoms with Gasteiger partial charge in [-0.2, -0.15) is 0 Å². The number of fused-ring (bicyclic) bond motifs is 1. The van der Waals surface area contributed by atoms with Gasteiger partial charge in [-0.05, 0) is 50.1 Å². The molecule has 0 unspecified atom stereocenters. The average molecular weight is 326 g/mol. The molecule has 5 heteroatoms. The number of hydrogen-bond donors (Lipinski definition) is 0. The van der Waals surface area contributed by atoms with Gasteiger partial charge < -0.3 is 18.9 Å². The SMILES string of the molecule is Cc1sccc1CO[C@@H]1[C@H]2OC(C)(C)O[C@H]2O[C@@H]1CC(C)C. The van der Waals surface area contributed by atoms with Gasteiger partial charge in [-0.25, -0.2) is 0 Å². The summed E-state index contributed by atoms with van der Waals surface area (Å²) in [7, 11) is 0. The van der Waals surface area contributed by atoms with Crippen molar-refractivity contribution in [3.05, 3.63) is 21.9 Å². The molecule has 0 aliphatic carbocycles. The number of ether oxygens (including phenoxy) is 4. The van der Waals surface area contributed by atoms with E-state index >= 15 is 0 Å². The summed E-state index contributed by atoms with van der Waals surface area (Å²) in [5.74, 6) is -0.0521. The van der Waals surface area contributed by atoms with E-state index in [1.54, 1.807) is 11.3 Å². The Hall–Kier alpha value is -0.460. The van der Waals surface area contributed by atoms with Crippen LogP contribution in [0.15, 0.2) is 11.4 Å². The van der Waals surface area contributed by atoms with Crippen molar-refractivity contribution >= 4 is 11.3 Å². The van der Waals surface area contributed by atoms with Crippen LogP contribution < -0.4 is 0 Å². The second-order valence-corrected chi connectivity index (χ2v) is 8.17. The lowest BCUT2D eigenvalue weighted by Gasteiger charge is -2.26. The Morgan fingerprint density at radius 3 is 2.73 bits per heavy atom. The third-order valence-electron chi connectivity index (χ3n) is 4.19. The fourth-order valence-electron chi connectivity index (χ4n) is 3.15. The van der Waals surface area contributed by atoms with E-state index in [1.807, 2.05) is 13.8 Å². The molecule has 0 N–H and O–H groups in total. The Kier molecular flexibility index (Phi) is 4.63. The minimum absolute atomic E-state index is 0.0324. The second kappa shape index (κ2) is 6.21. The van der Waals surface area contributed by atoms with Crippen LogP contribution in [-0.4, -0.2) is 30.4 Å². The maximum Gasteiger partial charge on any atom is 0.190 e. The van der Waals surface area contributed by atoms with Crippen LogP contribution in [-0.2, 0) is 25.6 Å². The van der Waals surface area contributed by atoms with Crippen LogP contribution in [0.2, 0.25) is 0 Å². The first-order valence-corrected chi connectivity index (χ1v) is 8.89. The maximum absolute atomic E-state index is 6.23. The van der Waals surface area contributed by atoms with E-state index < -0.39 is 5.79 Å². The van der Waals surface area contributed by atoms with Crippen molar-refractivity contribution in [2.45, 2.75) is 78.0 Å². The van der Waals surface area contributed by atoms with Crippen LogP contribution in [0.1, 0.15) is 44.6 Å². The Balaban J connectivity index is 1.70. The second-order valence-electron chi connectivity index (χ2n) is 7.05. The predicted octanol–water partition coefficient (Wildman–Crippen LogP) is 3.86. The van der Waals surface area contributed by atoms with Crippen LogP contribution in [0.3, 0.4) is 0 Å². The smallest absolute Gasteiger partial charge is 0.190 e. The molecular formula is C17H26O4S. The predicted molar refractivity (Wildman–Crippen MR) is 85.8 cm³/mol. The highest BCUT2D eigenvalue weighted by Gasteiger charge is 2.55. The van der Waals surface area contributed by atoms with Crippen molar-refractivity contribution < 1.29 is 18.9 Å². The van der Waals surface area contributed by atoms with E-state index in [2.05, 4.69) is 32.2 Å². The fourth-order valence-corrected chi connectivity index (χ4v) is 3.86. The summed E-state index contributed by atoms with van der Waals surface area (Å²) in [6.45, 7) is 11.0. The summed E-state index contributed by atoms with van der Waals surface area (Å²) in [6.07, 6.45) is 0.455. The lowest BCUT2D eigenvalue weighted by Crippen LogP contribution is -2.37. The van der Waals surface area contributed by atoms with Crippen LogP contribution >= 0.6 is 11.3 Å². The highest BCUT2D eigenvalue weighted by atomic mass is 32.1. The van der Waals surface area contributed by atoms with E-state index in [1.165, 1.54) is 10.4 Å². The maximum atomic E-state index is 6.23. The Morgan fingerprint density at radius 2 is 2.09 bits per heavy atom. The van der Waals surface area contributed by atoms with Crippen molar-refractivity contribution in [1.29, 1.82) is 0 Å². The van der Waals surface area contributed by atoms with Crippen LogP contribution in [0.25, 0.3) is 0 Å². The molecule has 1 aromatic rings. The molecule has 3 heterocycles. The van der Waals surface area contributed by atoms with Gasteiger partial charge in [0.25, 0.3) is 0 Å². The normalized spacial score (nSPS) is 33.5. The van der Waals surface area contributed by atoms with E-state index in [9.17, 15) is 0 Å². The Labute approximate surface area is 136 Å². The molecule has 3 rings (SSSR count). The van der Waals surface area contributed by atoms with Crippen LogP contribution in [0.4, 0.5) is 0 Å². The lowest BCUT2D eigenvalue weighted by atomic mass is 10.0. The molecule has 22 heavy (non-hydrogen) atoms. The highest BCUT2D eigenvalue weighted by molar-refractivity contribution is 7.10. The summed E-state index contributed by atoms with van der Waals surface area (Å²) >= 11 is 1.75. The molecular weight excluding hydrogens is 300 g/mol. The summed E-state index contributed by atoms with van der Waals surface area (Å²) < 4.78 is 24.2. The summed E-state index contributed by atoms with van der Waals surface area (Å²) in [5, 5.41) is 2.10. The van der Waals surface area contributed by atoms with Crippen LogP contribution in [0.5, 0.6) is 0 Å². The van der Waals surface area contributed by atoms with Crippen molar-refractivity contribution in [3.63, 3.8) is 0 Å². The van der Waals surface area contributed by atoms with Gasteiger partial charge in [0.05, 0.1) is 12.7 Å². The van der Waals surface area contributed by atoms with Gasteiger partial charge in [0.2, 0.25) is 0 Å². The largest absolute Gasteiger partial charge is 0.368 e. The summed E-state index contributed by atoms with van der Waals surface area (Å²) in [4.78, 5) is 1.31. The molecule has 2 aliphatic rings. The first kappa shape index (κ1) is 16.4. The number of hydrogen-bond acceptors (Lipinski definition) is 5. The van der Waals surface area contributed by atoms with Gasteiger partial charge in [-0.15, -0.1) is 11.3 Å². The van der Waals surface area contributed by atoms with Gasteiger partial charge in [0.1, 0.15) is 12.2 Å². The Morgan fingerprint density at radius 1 is 1.32 bits per heavy atom. The zero-order chi connectivity index (χ0) is 15.9. The van der Waals surface area contributed by atoms with Gasteiger partial charge in [0.15, 0.2) is 12.1 Å². The molecule has 2 saturated heterocycles. The highest BCUT2D eigenvalue weighted by Crippen LogP contribution is 2.40. The number of thiophene rings is 1. The van der Waals surface area contributed by atoms with Crippen molar-refractivity contribution in [3.8, 4) is 0 Å². The molecule has 4 nitrogen and oxygen atoms in total. The third-order valence-corrected chi connectivity index (χ3v) is 5.08. The molecule has 2 fully saturated rings. The monoisotopic (exact) mass is 326 g/mol. The molecule has 0 radical (unpaired) electrons. The zero-order valence-corrected chi connectivity index (χ0v) is 14.8. The summed E-state index contributed by atoms with van der Waals surface area (Å²) in [5.41, 5.74) is 1.25. The van der Waals surface area contributed by atoms with Gasteiger partial charge in [-0.1, -0.05) is 13.8 Å². The first-order chi connectivity index (χ1) is 10.4. The van der Waals surface area contributed by atoms with Crippen molar-refractivity contribution in [2.75, 3.05) is 0 Å². The standard InChI is InChI=1S/C17H26O4S/c1-10(2)8-13-14(18-9-12-6-7-22-11(12)3)15-16(19-13)21-17(4,5)20-15/h6-7,10,13-16H,8-9H2,1-5H3/t13-,14+,15-,16-/m1/s1. The van der Waals surface area contributed by atoms with E-state index in [0.29, 0.717) is 12.5 Å². The Bertz CT molecular complexity index is 511. The molecule has 0 amide bonds. The van der Waals surface area contributed by atoms with Crippen molar-refractivity contribution in [2.24, 2.45) is 5.92 Å². The molecule has 124 valence electrons. The molecule has 0 spiro atoms. The quantitative estimate of drug-likeness (QED) is 0.823. The number of aryl methyl sites for hydroxylation is 1. The molecule has 4 atom stereocenters. The van der Waals surface area contributed by atoms with Gasteiger partial charge in [0, 0.05) is 4.88 Å². The molecule has 0 saturated carbocycles. The average Bonchev–Trinajstić information content (AvgIpc) is 3.00. The topological polar surface area (TPSA) is 36.9 Å². The van der Waals surface area contributed by atoms with E-state index in [0.717, 1.165) is 6.42 Å². The van der Waals surface area contributed by atoms with Gasteiger partial charge >= 0.3 is 0 Å². The molecule has 0 aromatic carbocycles. The van der Waals surface area contributed by atoms with Crippen LogP contribution in [0, 0.1) is 12.8 Å². The lowest BCUT2D eigenvalue weighted by molar-refractivity contribution is -0.220. The van der Waals surface area contributed by atoms with Gasteiger partial charge in [-0.3, -0.25) is 0 Å². The zero-order valence-electron chi connectivity index (χ0n) is 14.0. The van der Waals surface area contributed by atoms with E-state index in [4.69, 9.17) is 18.9 Å².